The number of benzene rings is 1. The summed E-state index contributed by atoms with van der Waals surface area (Å²) >= 11 is 5.39. The third-order valence-corrected chi connectivity index (χ3v) is 1.99. The fraction of sp³-hybridized carbons (Fsp3) is 0. The predicted octanol–water partition coefficient (Wildman–Crippen LogP) is 1.09. The molecule has 0 fully saturated rings. The zero-order valence-electron chi connectivity index (χ0n) is 6.29. The summed E-state index contributed by atoms with van der Waals surface area (Å²) in [4.78, 5) is 0. The second-order valence-electron chi connectivity index (χ2n) is 2.28. The van der Waals surface area contributed by atoms with E-state index in [9.17, 15) is 12.8 Å². The van der Waals surface area contributed by atoms with E-state index >= 15 is 0 Å². The first-order chi connectivity index (χ1) is 5.88. The van der Waals surface area contributed by atoms with Gasteiger partial charge in [-0.15, -0.1) is 0 Å². The molecule has 0 heterocycles. The Kier molecular flexibility index (Phi) is 2.74. The van der Waals surface area contributed by atoms with Gasteiger partial charge in [-0.3, -0.25) is 4.72 Å². The summed E-state index contributed by atoms with van der Waals surface area (Å²) in [6.45, 7) is 0. The SMILES string of the molecule is NS(=O)(=O)Nc1ccc(F)c(Cl)c1. The van der Waals surface area contributed by atoms with E-state index in [4.69, 9.17) is 11.6 Å². The molecule has 0 aliphatic heterocycles. The maximum absolute atomic E-state index is 12.6. The van der Waals surface area contributed by atoms with E-state index in [1.165, 1.54) is 6.07 Å². The standard InChI is InChI=1S/C6H6ClFN2O2S/c7-5-3-4(1-2-6(5)8)10-13(9,11)12/h1-3,10H,(H2,9,11,12). The van der Waals surface area contributed by atoms with Crippen LogP contribution in [-0.4, -0.2) is 8.42 Å². The Hall–Kier alpha value is -0.850. The van der Waals surface area contributed by atoms with Crippen LogP contribution in [0.5, 0.6) is 0 Å². The van der Waals surface area contributed by atoms with Gasteiger partial charge in [-0.25, -0.2) is 9.53 Å². The number of hydrogen-bond acceptors (Lipinski definition) is 2. The molecule has 4 nitrogen and oxygen atoms in total. The Morgan fingerprint density at radius 1 is 1.46 bits per heavy atom. The summed E-state index contributed by atoms with van der Waals surface area (Å²) in [5, 5.41) is 4.51. The highest BCUT2D eigenvalue weighted by molar-refractivity contribution is 7.90. The highest BCUT2D eigenvalue weighted by atomic mass is 35.5. The van der Waals surface area contributed by atoms with E-state index in [0.29, 0.717) is 0 Å². The molecular weight excluding hydrogens is 219 g/mol. The van der Waals surface area contributed by atoms with Crippen molar-refractivity contribution in [1.82, 2.24) is 0 Å². The van der Waals surface area contributed by atoms with Gasteiger partial charge in [0.25, 0.3) is 10.2 Å². The van der Waals surface area contributed by atoms with Crippen LogP contribution in [0.1, 0.15) is 0 Å². The second-order valence-corrected chi connectivity index (χ2v) is 3.98. The van der Waals surface area contributed by atoms with Crippen LogP contribution in [0.15, 0.2) is 18.2 Å². The fourth-order valence-electron chi connectivity index (χ4n) is 0.724. The minimum atomic E-state index is -3.84. The second kappa shape index (κ2) is 3.49. The van der Waals surface area contributed by atoms with Gasteiger partial charge in [0.2, 0.25) is 0 Å². The predicted molar refractivity (Wildman–Crippen MR) is 48.1 cm³/mol. The van der Waals surface area contributed by atoms with Crippen molar-refractivity contribution in [3.05, 3.63) is 29.0 Å². The van der Waals surface area contributed by atoms with Gasteiger partial charge in [0.15, 0.2) is 0 Å². The van der Waals surface area contributed by atoms with Crippen LogP contribution in [0, 0.1) is 5.82 Å². The van der Waals surface area contributed by atoms with Crippen LogP contribution >= 0.6 is 11.6 Å². The molecule has 0 aliphatic carbocycles. The van der Waals surface area contributed by atoms with Crippen LogP contribution in [0.2, 0.25) is 5.02 Å². The zero-order chi connectivity index (χ0) is 10.1. The van der Waals surface area contributed by atoms with E-state index in [-0.39, 0.29) is 10.7 Å². The Labute approximate surface area is 79.7 Å². The van der Waals surface area contributed by atoms with Crippen molar-refractivity contribution in [3.8, 4) is 0 Å². The number of rotatable bonds is 2. The van der Waals surface area contributed by atoms with Gasteiger partial charge in [-0.05, 0) is 18.2 Å². The first-order valence-corrected chi connectivity index (χ1v) is 5.06. The molecule has 1 rings (SSSR count). The maximum Gasteiger partial charge on any atom is 0.296 e. The van der Waals surface area contributed by atoms with Crippen LogP contribution in [0.25, 0.3) is 0 Å². The van der Waals surface area contributed by atoms with Crippen LogP contribution < -0.4 is 9.86 Å². The largest absolute Gasteiger partial charge is 0.296 e. The molecule has 1 aromatic rings. The number of nitrogens with two attached hydrogens (primary N) is 1. The van der Waals surface area contributed by atoms with Crippen molar-refractivity contribution < 1.29 is 12.8 Å². The summed E-state index contributed by atoms with van der Waals surface area (Å²) in [7, 11) is -3.84. The lowest BCUT2D eigenvalue weighted by atomic mass is 10.3. The summed E-state index contributed by atoms with van der Waals surface area (Å²) in [6, 6.07) is 3.38. The molecule has 0 amide bonds. The number of anilines is 1. The van der Waals surface area contributed by atoms with Crippen molar-refractivity contribution in [2.75, 3.05) is 4.72 Å². The number of hydrogen-bond donors (Lipinski definition) is 2. The molecule has 0 aliphatic rings. The quantitative estimate of drug-likeness (QED) is 0.790. The summed E-state index contributed by atoms with van der Waals surface area (Å²) in [5.74, 6) is -0.623. The highest BCUT2D eigenvalue weighted by Crippen LogP contribution is 2.19. The molecule has 0 unspecified atom stereocenters. The smallest absolute Gasteiger partial charge is 0.271 e. The summed E-state index contributed by atoms with van der Waals surface area (Å²) in [5.41, 5.74) is 0.119. The van der Waals surface area contributed by atoms with Gasteiger partial charge in [0.1, 0.15) is 5.82 Å². The summed E-state index contributed by atoms with van der Waals surface area (Å²) < 4.78 is 35.6. The van der Waals surface area contributed by atoms with Gasteiger partial charge in [0, 0.05) is 0 Å². The van der Waals surface area contributed by atoms with Gasteiger partial charge in [-0.1, -0.05) is 11.6 Å². The van der Waals surface area contributed by atoms with Crippen molar-refractivity contribution in [2.45, 2.75) is 0 Å². The first kappa shape index (κ1) is 10.2. The Morgan fingerprint density at radius 2 is 2.08 bits per heavy atom. The van der Waals surface area contributed by atoms with Gasteiger partial charge in [0.05, 0.1) is 10.7 Å². The lowest BCUT2D eigenvalue weighted by molar-refractivity contribution is 0.602. The van der Waals surface area contributed by atoms with Crippen LogP contribution in [0.4, 0.5) is 10.1 Å². The Balaban J connectivity index is 2.99. The average molecular weight is 225 g/mol. The lowest BCUT2D eigenvalue weighted by Crippen LogP contribution is -2.21. The molecule has 0 saturated heterocycles. The first-order valence-electron chi connectivity index (χ1n) is 3.14. The Bertz CT molecular complexity index is 421. The summed E-state index contributed by atoms with van der Waals surface area (Å²) in [6.07, 6.45) is 0. The van der Waals surface area contributed by atoms with E-state index < -0.39 is 16.0 Å². The molecule has 0 atom stereocenters. The molecular formula is C6H6ClFN2O2S. The molecule has 0 bridgehead atoms. The molecule has 0 spiro atoms. The van der Waals surface area contributed by atoms with Crippen molar-refractivity contribution in [1.29, 1.82) is 0 Å². The monoisotopic (exact) mass is 224 g/mol. The van der Waals surface area contributed by atoms with E-state index in [2.05, 4.69) is 5.14 Å². The third-order valence-electron chi connectivity index (χ3n) is 1.18. The zero-order valence-corrected chi connectivity index (χ0v) is 7.86. The van der Waals surface area contributed by atoms with Crippen LogP contribution in [-0.2, 0) is 10.2 Å². The van der Waals surface area contributed by atoms with E-state index in [1.807, 2.05) is 4.72 Å². The minimum absolute atomic E-state index is 0.119. The lowest BCUT2D eigenvalue weighted by Gasteiger charge is -2.03. The van der Waals surface area contributed by atoms with Gasteiger partial charge < -0.3 is 0 Å². The van der Waals surface area contributed by atoms with Gasteiger partial charge >= 0.3 is 0 Å². The van der Waals surface area contributed by atoms with Crippen LogP contribution in [0.3, 0.4) is 0 Å². The topological polar surface area (TPSA) is 72.2 Å². The molecule has 3 N–H and O–H groups in total. The van der Waals surface area contributed by atoms with Crippen molar-refractivity contribution >= 4 is 27.5 Å². The highest BCUT2D eigenvalue weighted by Gasteiger charge is 2.04. The molecule has 0 aromatic heterocycles. The molecule has 7 heteroatoms. The number of halogens is 2. The normalized spacial score (nSPS) is 11.3. The molecule has 72 valence electrons. The number of nitrogens with one attached hydrogen (secondary N) is 1. The van der Waals surface area contributed by atoms with Crippen molar-refractivity contribution in [2.24, 2.45) is 5.14 Å². The van der Waals surface area contributed by atoms with E-state index in [1.54, 1.807) is 0 Å². The van der Waals surface area contributed by atoms with E-state index in [0.717, 1.165) is 12.1 Å². The molecule has 13 heavy (non-hydrogen) atoms. The molecule has 0 saturated carbocycles. The molecule has 0 radical (unpaired) electrons. The third kappa shape index (κ3) is 3.17. The average Bonchev–Trinajstić information content (AvgIpc) is 1.94. The Morgan fingerprint density at radius 3 is 2.54 bits per heavy atom. The maximum atomic E-state index is 12.6. The van der Waals surface area contributed by atoms with Crippen molar-refractivity contribution in [3.63, 3.8) is 0 Å². The fourth-order valence-corrected chi connectivity index (χ4v) is 1.36. The molecule has 1 aromatic carbocycles. The minimum Gasteiger partial charge on any atom is -0.271 e. The van der Waals surface area contributed by atoms with Gasteiger partial charge in [-0.2, -0.15) is 8.42 Å².